The van der Waals surface area contributed by atoms with Crippen LogP contribution >= 0.6 is 0 Å². The van der Waals surface area contributed by atoms with Crippen LogP contribution in [0.4, 0.5) is 0 Å². The molecule has 1 saturated heterocycles. The quantitative estimate of drug-likeness (QED) is 0.659. The average molecular weight is 181 g/mol. The number of carbonyl (C=O) groups excluding carboxylic acids is 1. The normalized spacial score (nSPS) is 22.0. The van der Waals surface area contributed by atoms with Gasteiger partial charge in [0.25, 0.3) is 0 Å². The monoisotopic (exact) mass is 181 g/mol. The Morgan fingerprint density at radius 2 is 2.62 bits per heavy atom. The Kier molecular flexibility index (Phi) is 2.35. The molecule has 0 spiro atoms. The van der Waals surface area contributed by atoms with Gasteiger partial charge in [0.1, 0.15) is 6.29 Å². The van der Waals surface area contributed by atoms with Crippen molar-refractivity contribution in [2.45, 2.75) is 18.8 Å². The van der Waals surface area contributed by atoms with Gasteiger partial charge in [-0.05, 0) is 13.0 Å². The molecule has 0 radical (unpaired) electrons. The van der Waals surface area contributed by atoms with Gasteiger partial charge < -0.3 is 14.6 Å². The molecule has 2 rings (SSSR count). The summed E-state index contributed by atoms with van der Waals surface area (Å²) in [5.74, 6) is 1.49. The number of aromatic nitrogens is 2. The Balaban J connectivity index is 2.07. The van der Waals surface area contributed by atoms with Crippen LogP contribution in [0.15, 0.2) is 4.52 Å². The third kappa shape index (κ3) is 1.75. The molecule has 1 aromatic rings. The van der Waals surface area contributed by atoms with Crippen LogP contribution in [0, 0.1) is 0 Å². The third-order valence-electron chi connectivity index (χ3n) is 2.17. The minimum Gasteiger partial charge on any atom is -0.339 e. The van der Waals surface area contributed by atoms with E-state index in [-0.39, 0.29) is 6.42 Å². The van der Waals surface area contributed by atoms with Gasteiger partial charge in [-0.2, -0.15) is 4.98 Å². The summed E-state index contributed by atoms with van der Waals surface area (Å²) in [4.78, 5) is 14.3. The molecule has 5 nitrogen and oxygen atoms in total. The molecule has 1 atom stereocenters. The predicted molar refractivity (Wildman–Crippen MR) is 44.3 cm³/mol. The number of nitrogens with zero attached hydrogens (tertiary/aromatic N) is 2. The van der Waals surface area contributed by atoms with Crippen LogP contribution in [-0.2, 0) is 11.2 Å². The lowest BCUT2D eigenvalue weighted by atomic mass is 10.1. The van der Waals surface area contributed by atoms with E-state index in [4.69, 9.17) is 4.52 Å². The molecule has 70 valence electrons. The van der Waals surface area contributed by atoms with Crippen molar-refractivity contribution in [3.8, 4) is 0 Å². The number of hydrogen-bond donors (Lipinski definition) is 1. The topological polar surface area (TPSA) is 68.0 Å². The largest absolute Gasteiger partial charge is 0.339 e. The summed E-state index contributed by atoms with van der Waals surface area (Å²) in [5, 5.41) is 7.05. The highest BCUT2D eigenvalue weighted by Crippen LogP contribution is 2.18. The van der Waals surface area contributed by atoms with Crippen LogP contribution in [0.2, 0.25) is 0 Å². The second kappa shape index (κ2) is 3.66. The fourth-order valence-electron chi connectivity index (χ4n) is 1.46. The molecule has 0 aliphatic carbocycles. The average Bonchev–Trinajstić information content (AvgIpc) is 2.70. The standard InChI is InChI=1S/C8H11N3O2/c12-4-2-7-10-8(11-13-7)6-1-3-9-5-6/h4,6,9H,1-3,5H2. The van der Waals surface area contributed by atoms with Gasteiger partial charge in [0, 0.05) is 12.5 Å². The van der Waals surface area contributed by atoms with Crippen molar-refractivity contribution >= 4 is 6.29 Å². The number of rotatable bonds is 3. The van der Waals surface area contributed by atoms with E-state index >= 15 is 0 Å². The van der Waals surface area contributed by atoms with Crippen molar-refractivity contribution in [1.82, 2.24) is 15.5 Å². The van der Waals surface area contributed by atoms with Crippen LogP contribution < -0.4 is 5.32 Å². The van der Waals surface area contributed by atoms with E-state index < -0.39 is 0 Å². The molecule has 1 aliphatic heterocycles. The maximum atomic E-state index is 10.2. The van der Waals surface area contributed by atoms with Crippen LogP contribution in [0.3, 0.4) is 0 Å². The maximum Gasteiger partial charge on any atom is 0.233 e. The zero-order valence-corrected chi connectivity index (χ0v) is 7.19. The fraction of sp³-hybridized carbons (Fsp3) is 0.625. The Morgan fingerprint density at radius 1 is 1.69 bits per heavy atom. The van der Waals surface area contributed by atoms with E-state index in [0.717, 1.165) is 31.6 Å². The van der Waals surface area contributed by atoms with Crippen molar-refractivity contribution in [3.05, 3.63) is 11.7 Å². The molecule has 2 heterocycles. The van der Waals surface area contributed by atoms with Gasteiger partial charge in [0.15, 0.2) is 5.82 Å². The van der Waals surface area contributed by atoms with Gasteiger partial charge in [-0.1, -0.05) is 5.16 Å². The molecular formula is C8H11N3O2. The van der Waals surface area contributed by atoms with Gasteiger partial charge in [0.05, 0.1) is 6.42 Å². The molecule has 1 aromatic heterocycles. The van der Waals surface area contributed by atoms with Gasteiger partial charge in [-0.25, -0.2) is 0 Å². The van der Waals surface area contributed by atoms with Crippen molar-refractivity contribution in [2.24, 2.45) is 0 Å². The lowest BCUT2D eigenvalue weighted by molar-refractivity contribution is -0.107. The highest BCUT2D eigenvalue weighted by Gasteiger charge is 2.21. The van der Waals surface area contributed by atoms with E-state index in [1.807, 2.05) is 0 Å². The first kappa shape index (κ1) is 8.37. The lowest BCUT2D eigenvalue weighted by Crippen LogP contribution is -2.08. The summed E-state index contributed by atoms with van der Waals surface area (Å²) in [5.41, 5.74) is 0. The van der Waals surface area contributed by atoms with E-state index in [0.29, 0.717) is 11.8 Å². The van der Waals surface area contributed by atoms with Crippen LogP contribution in [-0.4, -0.2) is 29.5 Å². The van der Waals surface area contributed by atoms with E-state index in [1.165, 1.54) is 0 Å². The summed E-state index contributed by atoms with van der Waals surface area (Å²) in [6.07, 6.45) is 2.03. The Bertz CT molecular complexity index is 291. The molecule has 0 amide bonds. The van der Waals surface area contributed by atoms with Crippen LogP contribution in [0.25, 0.3) is 0 Å². The molecule has 13 heavy (non-hydrogen) atoms. The number of carbonyl (C=O) groups is 1. The molecule has 1 N–H and O–H groups in total. The lowest BCUT2D eigenvalue weighted by Gasteiger charge is -1.98. The Hall–Kier alpha value is -1.23. The SMILES string of the molecule is O=CCc1nc(C2CCNC2)no1. The summed E-state index contributed by atoms with van der Waals surface area (Å²) in [6, 6.07) is 0. The molecule has 0 aromatic carbocycles. The highest BCUT2D eigenvalue weighted by atomic mass is 16.5. The molecule has 1 fully saturated rings. The zero-order chi connectivity index (χ0) is 9.10. The van der Waals surface area contributed by atoms with Gasteiger partial charge in [-0.15, -0.1) is 0 Å². The first-order chi connectivity index (χ1) is 6.40. The minimum atomic E-state index is 0.215. The van der Waals surface area contributed by atoms with Gasteiger partial charge >= 0.3 is 0 Å². The van der Waals surface area contributed by atoms with Crippen molar-refractivity contribution in [1.29, 1.82) is 0 Å². The number of hydrogen-bond acceptors (Lipinski definition) is 5. The van der Waals surface area contributed by atoms with E-state index in [1.54, 1.807) is 0 Å². The fourth-order valence-corrected chi connectivity index (χ4v) is 1.46. The van der Waals surface area contributed by atoms with Crippen molar-refractivity contribution in [3.63, 3.8) is 0 Å². The third-order valence-corrected chi connectivity index (χ3v) is 2.17. The second-order valence-electron chi connectivity index (χ2n) is 3.11. The maximum absolute atomic E-state index is 10.2. The van der Waals surface area contributed by atoms with E-state index in [9.17, 15) is 4.79 Å². The first-order valence-corrected chi connectivity index (χ1v) is 4.37. The summed E-state index contributed by atoms with van der Waals surface area (Å²) < 4.78 is 4.90. The predicted octanol–water partition coefficient (Wildman–Crippen LogP) is -0.112. The Labute approximate surface area is 75.5 Å². The number of nitrogens with one attached hydrogen (secondary N) is 1. The van der Waals surface area contributed by atoms with Crippen molar-refractivity contribution in [2.75, 3.05) is 13.1 Å². The zero-order valence-electron chi connectivity index (χ0n) is 7.19. The molecule has 5 heteroatoms. The van der Waals surface area contributed by atoms with Crippen LogP contribution in [0.5, 0.6) is 0 Å². The Morgan fingerprint density at radius 3 is 3.31 bits per heavy atom. The first-order valence-electron chi connectivity index (χ1n) is 4.37. The molecular weight excluding hydrogens is 170 g/mol. The molecule has 1 unspecified atom stereocenters. The molecule has 0 bridgehead atoms. The van der Waals surface area contributed by atoms with Gasteiger partial charge in [0.2, 0.25) is 5.89 Å². The number of aldehydes is 1. The molecule has 0 saturated carbocycles. The summed E-state index contributed by atoms with van der Waals surface area (Å²) >= 11 is 0. The summed E-state index contributed by atoms with van der Waals surface area (Å²) in [7, 11) is 0. The summed E-state index contributed by atoms with van der Waals surface area (Å²) in [6.45, 7) is 1.91. The molecule has 1 aliphatic rings. The highest BCUT2D eigenvalue weighted by molar-refractivity contribution is 5.52. The second-order valence-corrected chi connectivity index (χ2v) is 3.11. The van der Waals surface area contributed by atoms with Crippen LogP contribution in [0.1, 0.15) is 24.1 Å². The minimum absolute atomic E-state index is 0.215. The van der Waals surface area contributed by atoms with E-state index in [2.05, 4.69) is 15.5 Å². The van der Waals surface area contributed by atoms with Crippen molar-refractivity contribution < 1.29 is 9.32 Å². The van der Waals surface area contributed by atoms with Gasteiger partial charge in [-0.3, -0.25) is 0 Å². The smallest absolute Gasteiger partial charge is 0.233 e.